The Morgan fingerprint density at radius 2 is 1.91 bits per heavy atom. The van der Waals surface area contributed by atoms with Crippen molar-refractivity contribution >= 4 is 17.4 Å². The summed E-state index contributed by atoms with van der Waals surface area (Å²) in [6.45, 7) is 4.86. The fourth-order valence-corrected chi connectivity index (χ4v) is 2.08. The van der Waals surface area contributed by atoms with Crippen molar-refractivity contribution in [1.29, 1.82) is 0 Å². The first-order chi connectivity index (χ1) is 10.7. The number of rotatable bonds is 7. The number of benzene rings is 1. The zero-order valence-electron chi connectivity index (χ0n) is 13.1. The number of carbonyl (C=O) groups is 1. The molecule has 0 aliphatic heterocycles. The van der Waals surface area contributed by atoms with Crippen LogP contribution in [0.3, 0.4) is 0 Å². The molecule has 0 saturated carbocycles. The van der Waals surface area contributed by atoms with Gasteiger partial charge in [-0.25, -0.2) is 0 Å². The van der Waals surface area contributed by atoms with Crippen LogP contribution in [0.25, 0.3) is 0 Å². The number of nitrogens with one attached hydrogen (secondary N) is 2. The minimum atomic E-state index is -0.179. The number of nitrogens with zero attached hydrogens (tertiary/aromatic N) is 2. The summed E-state index contributed by atoms with van der Waals surface area (Å²) in [5, 5.41) is 14.1. The molecule has 0 spiro atoms. The summed E-state index contributed by atoms with van der Waals surface area (Å²) in [4.78, 5) is 11.9. The van der Waals surface area contributed by atoms with Gasteiger partial charge in [0.1, 0.15) is 0 Å². The molecule has 22 heavy (non-hydrogen) atoms. The zero-order chi connectivity index (χ0) is 15.8. The maximum atomic E-state index is 11.9. The van der Waals surface area contributed by atoms with Gasteiger partial charge in [0.25, 0.3) is 5.91 Å². The third-order valence-electron chi connectivity index (χ3n) is 3.37. The number of amides is 1. The lowest BCUT2D eigenvalue weighted by Crippen LogP contribution is -2.25. The maximum absolute atomic E-state index is 11.9. The van der Waals surface area contributed by atoms with E-state index in [-0.39, 0.29) is 5.91 Å². The summed E-state index contributed by atoms with van der Waals surface area (Å²) in [7, 11) is 0. The lowest BCUT2D eigenvalue weighted by Gasteiger charge is -2.09. The average molecular weight is 298 g/mol. The molecule has 0 atom stereocenters. The second kappa shape index (κ2) is 8.12. The third kappa shape index (κ3) is 4.28. The van der Waals surface area contributed by atoms with Crippen LogP contribution in [0.4, 0.5) is 11.5 Å². The number of hydrogen-bond donors (Lipinski definition) is 2. The van der Waals surface area contributed by atoms with Crippen molar-refractivity contribution in [2.24, 2.45) is 0 Å². The van der Waals surface area contributed by atoms with Crippen LogP contribution in [0.2, 0.25) is 0 Å². The second-order valence-electron chi connectivity index (χ2n) is 5.05. The Bertz CT molecular complexity index is 610. The lowest BCUT2D eigenvalue weighted by atomic mass is 10.1. The number of aryl methyl sites for hydroxylation is 1. The van der Waals surface area contributed by atoms with Gasteiger partial charge in [0.2, 0.25) is 0 Å². The molecule has 116 valence electrons. The molecule has 1 heterocycles. The van der Waals surface area contributed by atoms with Crippen molar-refractivity contribution in [3.63, 3.8) is 0 Å². The number of unbranched alkanes of at least 4 members (excludes halogenated alkanes) is 1. The first-order valence-corrected chi connectivity index (χ1v) is 7.71. The molecular weight excluding hydrogens is 276 g/mol. The van der Waals surface area contributed by atoms with E-state index < -0.39 is 0 Å². The van der Waals surface area contributed by atoms with E-state index >= 15 is 0 Å². The molecule has 0 fully saturated rings. The van der Waals surface area contributed by atoms with Crippen molar-refractivity contribution in [3.8, 4) is 0 Å². The summed E-state index contributed by atoms with van der Waals surface area (Å²) in [6, 6.07) is 11.5. The van der Waals surface area contributed by atoms with Crippen LogP contribution in [0.15, 0.2) is 36.4 Å². The van der Waals surface area contributed by atoms with Crippen LogP contribution < -0.4 is 10.6 Å². The van der Waals surface area contributed by atoms with Gasteiger partial charge in [-0.15, -0.1) is 10.2 Å². The van der Waals surface area contributed by atoms with Crippen LogP contribution in [0.1, 0.15) is 42.7 Å². The van der Waals surface area contributed by atoms with Crippen molar-refractivity contribution in [2.45, 2.75) is 33.1 Å². The predicted octanol–water partition coefficient (Wildman–Crippen LogP) is 3.31. The molecule has 2 aromatic rings. The topological polar surface area (TPSA) is 66.9 Å². The van der Waals surface area contributed by atoms with Gasteiger partial charge in [-0.05, 0) is 36.6 Å². The average Bonchev–Trinajstić information content (AvgIpc) is 2.56. The fourth-order valence-electron chi connectivity index (χ4n) is 2.08. The van der Waals surface area contributed by atoms with Gasteiger partial charge < -0.3 is 10.6 Å². The van der Waals surface area contributed by atoms with E-state index in [0.29, 0.717) is 18.1 Å². The quantitative estimate of drug-likeness (QED) is 0.770. The number of hydrogen-bond acceptors (Lipinski definition) is 4. The highest BCUT2D eigenvalue weighted by molar-refractivity contribution is 5.92. The summed E-state index contributed by atoms with van der Waals surface area (Å²) in [5.74, 6) is 0.451. The molecule has 5 heteroatoms. The second-order valence-corrected chi connectivity index (χ2v) is 5.05. The van der Waals surface area contributed by atoms with E-state index in [2.05, 4.69) is 40.7 Å². The smallest absolute Gasteiger partial charge is 0.271 e. The largest absolute Gasteiger partial charge is 0.351 e. The first-order valence-electron chi connectivity index (χ1n) is 7.71. The van der Waals surface area contributed by atoms with Crippen LogP contribution >= 0.6 is 0 Å². The number of para-hydroxylation sites is 1. The Kier molecular flexibility index (Phi) is 5.89. The molecule has 0 unspecified atom stereocenters. The minimum absolute atomic E-state index is 0.179. The number of carbonyl (C=O) groups excluding carboxylic acids is 1. The van der Waals surface area contributed by atoms with Gasteiger partial charge in [-0.3, -0.25) is 4.79 Å². The monoisotopic (exact) mass is 298 g/mol. The predicted molar refractivity (Wildman–Crippen MR) is 88.4 cm³/mol. The molecule has 0 aliphatic rings. The van der Waals surface area contributed by atoms with Crippen molar-refractivity contribution in [3.05, 3.63) is 47.7 Å². The minimum Gasteiger partial charge on any atom is -0.351 e. The first kappa shape index (κ1) is 15.9. The van der Waals surface area contributed by atoms with E-state index in [9.17, 15) is 4.79 Å². The van der Waals surface area contributed by atoms with Gasteiger partial charge in [0, 0.05) is 12.2 Å². The van der Waals surface area contributed by atoms with Crippen molar-refractivity contribution < 1.29 is 4.79 Å². The highest BCUT2D eigenvalue weighted by atomic mass is 16.1. The van der Waals surface area contributed by atoms with E-state index in [0.717, 1.165) is 24.9 Å². The van der Waals surface area contributed by atoms with Crippen molar-refractivity contribution in [1.82, 2.24) is 15.5 Å². The normalized spacial score (nSPS) is 10.3. The Labute approximate surface area is 131 Å². The molecule has 5 nitrogen and oxygen atoms in total. The van der Waals surface area contributed by atoms with E-state index in [1.807, 2.05) is 18.2 Å². The number of aromatic nitrogens is 2. The van der Waals surface area contributed by atoms with Crippen LogP contribution in [0.5, 0.6) is 0 Å². The molecule has 1 aromatic carbocycles. The van der Waals surface area contributed by atoms with E-state index in [1.54, 1.807) is 12.1 Å². The van der Waals surface area contributed by atoms with E-state index in [4.69, 9.17) is 0 Å². The molecule has 1 aromatic heterocycles. The maximum Gasteiger partial charge on any atom is 0.271 e. The molecule has 0 aliphatic carbocycles. The van der Waals surface area contributed by atoms with Crippen molar-refractivity contribution in [2.75, 3.05) is 11.9 Å². The Morgan fingerprint density at radius 3 is 2.59 bits per heavy atom. The number of anilines is 2. The summed E-state index contributed by atoms with van der Waals surface area (Å²) in [6.07, 6.45) is 2.95. The summed E-state index contributed by atoms with van der Waals surface area (Å²) in [5.41, 5.74) is 2.57. The summed E-state index contributed by atoms with van der Waals surface area (Å²) >= 11 is 0. The fraction of sp³-hybridized carbons (Fsp3) is 0.353. The molecular formula is C17H22N4O. The summed E-state index contributed by atoms with van der Waals surface area (Å²) < 4.78 is 0. The Morgan fingerprint density at radius 1 is 1.09 bits per heavy atom. The van der Waals surface area contributed by atoms with Gasteiger partial charge in [0.05, 0.1) is 0 Å². The standard InChI is InChI=1S/C17H22N4O/c1-3-5-12-18-17(22)15-10-11-16(21-20-15)19-14-9-7-6-8-13(14)4-2/h6-11H,3-5,12H2,1-2H3,(H,18,22)(H,19,21). The molecule has 0 bridgehead atoms. The van der Waals surface area contributed by atoms with Crippen LogP contribution in [-0.2, 0) is 6.42 Å². The van der Waals surface area contributed by atoms with E-state index in [1.165, 1.54) is 5.56 Å². The Hall–Kier alpha value is -2.43. The van der Waals surface area contributed by atoms with Crippen LogP contribution in [-0.4, -0.2) is 22.6 Å². The zero-order valence-corrected chi connectivity index (χ0v) is 13.1. The molecule has 2 N–H and O–H groups in total. The van der Waals surface area contributed by atoms with Gasteiger partial charge in [-0.2, -0.15) is 0 Å². The van der Waals surface area contributed by atoms with Gasteiger partial charge in [0.15, 0.2) is 11.5 Å². The van der Waals surface area contributed by atoms with Crippen LogP contribution in [0, 0.1) is 0 Å². The SMILES string of the molecule is CCCCNC(=O)c1ccc(Nc2ccccc2CC)nn1. The van der Waals surface area contributed by atoms with Gasteiger partial charge >= 0.3 is 0 Å². The molecule has 0 radical (unpaired) electrons. The third-order valence-corrected chi connectivity index (χ3v) is 3.37. The van der Waals surface area contributed by atoms with Gasteiger partial charge in [-0.1, -0.05) is 38.5 Å². The molecule has 0 saturated heterocycles. The highest BCUT2D eigenvalue weighted by Crippen LogP contribution is 2.19. The molecule has 2 rings (SSSR count). The molecule has 1 amide bonds. The Balaban J connectivity index is 2.01. The highest BCUT2D eigenvalue weighted by Gasteiger charge is 2.08. The lowest BCUT2D eigenvalue weighted by molar-refractivity contribution is 0.0947.